The number of nitrogens with zero attached hydrogens (tertiary/aromatic N) is 2. The van der Waals surface area contributed by atoms with E-state index in [0.29, 0.717) is 0 Å². The van der Waals surface area contributed by atoms with E-state index in [9.17, 15) is 0 Å². The van der Waals surface area contributed by atoms with Crippen LogP contribution in [0.4, 0.5) is 0 Å². The number of nitrogens with one attached hydrogen (secondary N) is 1. The van der Waals surface area contributed by atoms with Crippen LogP contribution in [0.2, 0.25) is 0 Å². The van der Waals surface area contributed by atoms with E-state index in [4.69, 9.17) is 0 Å². The topological polar surface area (TPSA) is 29.9 Å². The molecule has 1 rings (SSSR count). The Balaban J connectivity index is 2.62. The Labute approximate surface area is 99.3 Å². The summed E-state index contributed by atoms with van der Waals surface area (Å²) in [6.07, 6.45) is 7.45. The largest absolute Gasteiger partial charge is 0.334 e. The van der Waals surface area contributed by atoms with Crippen molar-refractivity contribution in [2.75, 3.05) is 0 Å². The van der Waals surface area contributed by atoms with Gasteiger partial charge in [0.25, 0.3) is 0 Å². The smallest absolute Gasteiger partial charge is 0.122 e. The van der Waals surface area contributed by atoms with E-state index in [0.717, 1.165) is 18.9 Å². The summed E-state index contributed by atoms with van der Waals surface area (Å²) in [5.41, 5.74) is 0.282. The predicted molar refractivity (Wildman–Crippen MR) is 68.3 cm³/mol. The van der Waals surface area contributed by atoms with Crippen molar-refractivity contribution in [3.63, 3.8) is 0 Å². The Morgan fingerprint density at radius 2 is 1.81 bits per heavy atom. The standard InChI is InChI=1S/C13H25N3/c1-5-13(6-2,7-3)15-11-12-14-9-10-16(12)8-4/h9-10,15H,5-8,11H2,1-4H3. The zero-order valence-electron chi connectivity index (χ0n) is 11.1. The molecule has 0 saturated carbocycles. The van der Waals surface area contributed by atoms with Crippen molar-refractivity contribution in [2.24, 2.45) is 0 Å². The summed E-state index contributed by atoms with van der Waals surface area (Å²) in [7, 11) is 0. The van der Waals surface area contributed by atoms with Gasteiger partial charge in [0.15, 0.2) is 0 Å². The lowest BCUT2D eigenvalue weighted by Crippen LogP contribution is -2.43. The van der Waals surface area contributed by atoms with Crippen LogP contribution in [0.15, 0.2) is 12.4 Å². The van der Waals surface area contributed by atoms with E-state index < -0.39 is 0 Å². The van der Waals surface area contributed by atoms with Crippen LogP contribution >= 0.6 is 0 Å². The van der Waals surface area contributed by atoms with Crippen LogP contribution in [0.3, 0.4) is 0 Å². The molecule has 0 atom stereocenters. The van der Waals surface area contributed by atoms with Gasteiger partial charge in [-0.25, -0.2) is 4.98 Å². The third kappa shape index (κ3) is 2.85. The number of hydrogen-bond acceptors (Lipinski definition) is 2. The summed E-state index contributed by atoms with van der Waals surface area (Å²) in [5.74, 6) is 1.14. The Bertz CT molecular complexity index is 292. The molecule has 0 aliphatic rings. The first-order chi connectivity index (χ1) is 7.71. The molecule has 0 amide bonds. The highest BCUT2D eigenvalue weighted by Crippen LogP contribution is 2.19. The van der Waals surface area contributed by atoms with Crippen molar-refractivity contribution < 1.29 is 0 Å². The molecule has 0 fully saturated rings. The first kappa shape index (κ1) is 13.2. The van der Waals surface area contributed by atoms with Crippen molar-refractivity contribution in [3.05, 3.63) is 18.2 Å². The van der Waals surface area contributed by atoms with Gasteiger partial charge in [-0.3, -0.25) is 0 Å². The molecule has 0 bridgehead atoms. The Morgan fingerprint density at radius 1 is 1.19 bits per heavy atom. The number of aromatic nitrogens is 2. The minimum absolute atomic E-state index is 0.282. The van der Waals surface area contributed by atoms with Gasteiger partial charge in [0.05, 0.1) is 6.54 Å². The first-order valence-corrected chi connectivity index (χ1v) is 6.46. The third-order valence-electron chi connectivity index (χ3n) is 3.79. The van der Waals surface area contributed by atoms with E-state index in [1.807, 2.05) is 12.4 Å². The minimum atomic E-state index is 0.282. The lowest BCUT2D eigenvalue weighted by atomic mass is 9.90. The molecule has 1 aromatic rings. The van der Waals surface area contributed by atoms with E-state index in [2.05, 4.69) is 42.6 Å². The highest BCUT2D eigenvalue weighted by molar-refractivity contribution is 4.94. The molecule has 0 saturated heterocycles. The van der Waals surface area contributed by atoms with Gasteiger partial charge in [0.1, 0.15) is 5.82 Å². The summed E-state index contributed by atoms with van der Waals surface area (Å²) < 4.78 is 2.19. The second kappa shape index (κ2) is 6.04. The lowest BCUT2D eigenvalue weighted by Gasteiger charge is -2.31. The zero-order chi connectivity index (χ0) is 12.0. The number of imidazole rings is 1. The third-order valence-corrected chi connectivity index (χ3v) is 3.79. The van der Waals surface area contributed by atoms with Gasteiger partial charge in [0, 0.05) is 24.5 Å². The Kier molecular flexibility index (Phi) is 5.00. The summed E-state index contributed by atoms with van der Waals surface area (Å²) in [4.78, 5) is 4.39. The molecule has 3 heteroatoms. The van der Waals surface area contributed by atoms with Crippen LogP contribution < -0.4 is 5.32 Å². The molecule has 0 aromatic carbocycles. The molecule has 16 heavy (non-hydrogen) atoms. The highest BCUT2D eigenvalue weighted by atomic mass is 15.1. The normalized spacial score (nSPS) is 12.0. The van der Waals surface area contributed by atoms with Gasteiger partial charge in [-0.1, -0.05) is 20.8 Å². The SMILES string of the molecule is CCn1ccnc1CNC(CC)(CC)CC. The Hall–Kier alpha value is -0.830. The van der Waals surface area contributed by atoms with Gasteiger partial charge >= 0.3 is 0 Å². The van der Waals surface area contributed by atoms with Crippen molar-refractivity contribution in [1.29, 1.82) is 0 Å². The van der Waals surface area contributed by atoms with Crippen LogP contribution in [-0.2, 0) is 13.1 Å². The van der Waals surface area contributed by atoms with Crippen molar-refractivity contribution in [1.82, 2.24) is 14.9 Å². The summed E-state index contributed by atoms with van der Waals surface area (Å²) in [6.45, 7) is 10.8. The molecule has 1 N–H and O–H groups in total. The molecular formula is C13H25N3. The molecule has 0 unspecified atom stereocenters. The average molecular weight is 223 g/mol. The highest BCUT2D eigenvalue weighted by Gasteiger charge is 2.23. The molecule has 0 aliphatic carbocycles. The second-order valence-corrected chi connectivity index (χ2v) is 4.32. The van der Waals surface area contributed by atoms with Gasteiger partial charge in [0.2, 0.25) is 0 Å². The van der Waals surface area contributed by atoms with E-state index in [-0.39, 0.29) is 5.54 Å². The van der Waals surface area contributed by atoms with Crippen LogP contribution in [0.25, 0.3) is 0 Å². The maximum absolute atomic E-state index is 4.39. The van der Waals surface area contributed by atoms with Gasteiger partial charge < -0.3 is 9.88 Å². The average Bonchev–Trinajstić information content (AvgIpc) is 2.79. The summed E-state index contributed by atoms with van der Waals surface area (Å²) in [6, 6.07) is 0. The van der Waals surface area contributed by atoms with Gasteiger partial charge in [-0.05, 0) is 26.2 Å². The Morgan fingerprint density at radius 3 is 2.31 bits per heavy atom. The van der Waals surface area contributed by atoms with E-state index in [1.165, 1.54) is 19.3 Å². The maximum Gasteiger partial charge on any atom is 0.122 e. The molecular weight excluding hydrogens is 198 g/mol. The monoisotopic (exact) mass is 223 g/mol. The summed E-state index contributed by atoms with van der Waals surface area (Å²) >= 11 is 0. The second-order valence-electron chi connectivity index (χ2n) is 4.32. The van der Waals surface area contributed by atoms with Crippen molar-refractivity contribution >= 4 is 0 Å². The molecule has 0 spiro atoms. The number of rotatable bonds is 7. The van der Waals surface area contributed by atoms with Gasteiger partial charge in [-0.15, -0.1) is 0 Å². The number of aryl methyl sites for hydroxylation is 1. The molecule has 0 aliphatic heterocycles. The quantitative estimate of drug-likeness (QED) is 0.770. The lowest BCUT2D eigenvalue weighted by molar-refractivity contribution is 0.283. The van der Waals surface area contributed by atoms with Gasteiger partial charge in [-0.2, -0.15) is 0 Å². The fraction of sp³-hybridized carbons (Fsp3) is 0.769. The summed E-state index contributed by atoms with van der Waals surface area (Å²) in [5, 5.41) is 3.68. The van der Waals surface area contributed by atoms with Crippen LogP contribution in [0, 0.1) is 0 Å². The first-order valence-electron chi connectivity index (χ1n) is 6.46. The van der Waals surface area contributed by atoms with Crippen molar-refractivity contribution in [3.8, 4) is 0 Å². The molecule has 1 aromatic heterocycles. The van der Waals surface area contributed by atoms with Crippen LogP contribution in [-0.4, -0.2) is 15.1 Å². The van der Waals surface area contributed by atoms with Crippen molar-refractivity contribution in [2.45, 2.75) is 65.6 Å². The predicted octanol–water partition coefficient (Wildman–Crippen LogP) is 2.96. The van der Waals surface area contributed by atoms with Crippen LogP contribution in [0.1, 0.15) is 52.8 Å². The maximum atomic E-state index is 4.39. The fourth-order valence-electron chi connectivity index (χ4n) is 2.19. The molecule has 3 nitrogen and oxygen atoms in total. The zero-order valence-corrected chi connectivity index (χ0v) is 11.1. The molecule has 1 heterocycles. The van der Waals surface area contributed by atoms with E-state index >= 15 is 0 Å². The van der Waals surface area contributed by atoms with E-state index in [1.54, 1.807) is 0 Å². The number of hydrogen-bond donors (Lipinski definition) is 1. The fourth-order valence-corrected chi connectivity index (χ4v) is 2.19. The minimum Gasteiger partial charge on any atom is -0.334 e. The van der Waals surface area contributed by atoms with Crippen LogP contribution in [0.5, 0.6) is 0 Å². The molecule has 92 valence electrons. The molecule has 0 radical (unpaired) electrons.